The average molecular weight is 586 g/mol. The number of hydrogen-bond acceptors (Lipinski definition) is 10. The first-order valence-corrected chi connectivity index (χ1v) is 14.0. The third-order valence-electron chi connectivity index (χ3n) is 6.00. The summed E-state index contributed by atoms with van der Waals surface area (Å²) in [6.45, 7) is 5.84. The molecule has 1 saturated heterocycles. The van der Waals surface area contributed by atoms with Crippen LogP contribution >= 0.6 is 19.3 Å². The maximum atomic E-state index is 14.7. The van der Waals surface area contributed by atoms with Gasteiger partial charge in [0, 0.05) is 6.20 Å². The van der Waals surface area contributed by atoms with Crippen molar-refractivity contribution in [2.75, 3.05) is 12.3 Å². The van der Waals surface area contributed by atoms with Gasteiger partial charge in [-0.3, -0.25) is 9.32 Å². The van der Waals surface area contributed by atoms with E-state index in [1.807, 2.05) is 0 Å². The Kier molecular flexibility index (Phi) is 8.50. The van der Waals surface area contributed by atoms with Gasteiger partial charge in [-0.15, -0.1) is 11.6 Å². The van der Waals surface area contributed by atoms with E-state index in [1.54, 1.807) is 44.2 Å². The molecule has 12 nitrogen and oxygen atoms in total. The lowest BCUT2D eigenvalue weighted by atomic mass is 10.0. The molecule has 15 heteroatoms. The Bertz CT molecular complexity index is 1380. The molecule has 1 aromatic carbocycles. The van der Waals surface area contributed by atoms with Crippen LogP contribution in [0.4, 0.5) is 10.2 Å². The number of rotatable bonds is 10. The molecular formula is C24H30ClFN5O7P. The summed E-state index contributed by atoms with van der Waals surface area (Å²) >= 11 is 6.69. The van der Waals surface area contributed by atoms with E-state index in [-0.39, 0.29) is 22.6 Å². The smallest absolute Gasteiger partial charge is 0.459 e. The van der Waals surface area contributed by atoms with E-state index in [1.165, 1.54) is 24.7 Å². The number of nitrogens with two attached hydrogens (primary N) is 1. The van der Waals surface area contributed by atoms with E-state index in [0.29, 0.717) is 0 Å². The molecule has 3 heterocycles. The van der Waals surface area contributed by atoms with Gasteiger partial charge >= 0.3 is 13.7 Å². The van der Waals surface area contributed by atoms with E-state index in [2.05, 4.69) is 15.1 Å². The minimum absolute atomic E-state index is 0.0185. The first kappa shape index (κ1) is 29.2. The van der Waals surface area contributed by atoms with Crippen molar-refractivity contribution >= 4 is 42.2 Å². The molecule has 1 aliphatic rings. The number of halogens is 2. The zero-order chi connectivity index (χ0) is 28.5. The first-order valence-electron chi connectivity index (χ1n) is 12.1. The van der Waals surface area contributed by atoms with Crippen LogP contribution in [0, 0.1) is 5.82 Å². The van der Waals surface area contributed by atoms with Gasteiger partial charge in [-0.2, -0.15) is 5.09 Å². The molecule has 212 valence electrons. The van der Waals surface area contributed by atoms with Crippen LogP contribution in [0.15, 0.2) is 42.9 Å². The lowest BCUT2D eigenvalue weighted by Crippen LogP contribution is -2.40. The van der Waals surface area contributed by atoms with Crippen LogP contribution in [0.2, 0.25) is 0 Å². The fourth-order valence-corrected chi connectivity index (χ4v) is 5.90. The summed E-state index contributed by atoms with van der Waals surface area (Å²) in [5, 5.41) is 13.6. The lowest BCUT2D eigenvalue weighted by Gasteiger charge is -2.26. The molecule has 0 bridgehead atoms. The molecule has 4 N–H and O–H groups in total. The van der Waals surface area contributed by atoms with E-state index in [0.717, 1.165) is 6.20 Å². The summed E-state index contributed by atoms with van der Waals surface area (Å²) in [5.74, 6) is -1.22. The summed E-state index contributed by atoms with van der Waals surface area (Å²) in [6, 6.07) is 7.12. The van der Waals surface area contributed by atoms with Crippen LogP contribution in [0.25, 0.3) is 11.0 Å². The standard InChI is InChI=1S/C24H30ClFN5O7P/c1-13(2)36-22(33)14(3)30-39(34,38-15-8-6-5-7-9-15)35-11-17-19(32)24(4,25)23(37-17)31-10-16(26)18-20(27)28-12-29-21(18)31/h5-10,12-14,17,19,23,32H,11H2,1-4H3,(H,30,34)(H2,27,28,29)/t14-,17-,19-,23-,24-,39?/m1/s1. The fourth-order valence-electron chi connectivity index (χ4n) is 4.10. The highest BCUT2D eigenvalue weighted by Crippen LogP contribution is 2.49. The quantitative estimate of drug-likeness (QED) is 0.181. The molecule has 1 aliphatic heterocycles. The molecule has 0 amide bonds. The minimum Gasteiger partial charge on any atom is -0.462 e. The van der Waals surface area contributed by atoms with Crippen molar-refractivity contribution < 1.29 is 37.4 Å². The number of carbonyl (C=O) groups is 1. The molecule has 1 fully saturated rings. The number of carbonyl (C=O) groups excluding carboxylic acids is 1. The van der Waals surface area contributed by atoms with Gasteiger partial charge in [0.1, 0.15) is 41.0 Å². The Morgan fingerprint density at radius 2 is 2.03 bits per heavy atom. The van der Waals surface area contributed by atoms with Crippen molar-refractivity contribution in [1.82, 2.24) is 19.6 Å². The normalized spacial score (nSPS) is 25.5. The van der Waals surface area contributed by atoms with Gasteiger partial charge < -0.3 is 29.4 Å². The number of anilines is 1. The molecule has 4 rings (SSSR count). The number of fused-ring (bicyclic) bond motifs is 1. The summed E-state index contributed by atoms with van der Waals surface area (Å²) in [7, 11) is -4.24. The van der Waals surface area contributed by atoms with E-state index >= 15 is 0 Å². The molecule has 39 heavy (non-hydrogen) atoms. The van der Waals surface area contributed by atoms with Crippen molar-refractivity contribution in [3.63, 3.8) is 0 Å². The molecule has 3 aromatic rings. The van der Waals surface area contributed by atoms with E-state index in [4.69, 9.17) is 35.9 Å². The van der Waals surface area contributed by atoms with Gasteiger partial charge in [0.15, 0.2) is 17.7 Å². The van der Waals surface area contributed by atoms with Gasteiger partial charge in [0.2, 0.25) is 0 Å². The van der Waals surface area contributed by atoms with Crippen molar-refractivity contribution in [3.8, 4) is 5.75 Å². The average Bonchev–Trinajstić information content (AvgIpc) is 3.31. The Morgan fingerprint density at radius 1 is 1.33 bits per heavy atom. The molecule has 2 aromatic heterocycles. The number of ether oxygens (including phenoxy) is 2. The van der Waals surface area contributed by atoms with Crippen LogP contribution < -0.4 is 15.3 Å². The number of para-hydroxylation sites is 1. The second kappa shape index (κ2) is 11.4. The molecule has 1 unspecified atom stereocenters. The molecule has 0 saturated carbocycles. The topological polar surface area (TPSA) is 160 Å². The molecule has 0 aliphatic carbocycles. The zero-order valence-electron chi connectivity index (χ0n) is 21.7. The Morgan fingerprint density at radius 3 is 2.69 bits per heavy atom. The van der Waals surface area contributed by atoms with Gasteiger partial charge in [0.25, 0.3) is 0 Å². The number of aliphatic hydroxyl groups is 1. The number of alkyl halides is 1. The van der Waals surface area contributed by atoms with Crippen molar-refractivity contribution in [3.05, 3.63) is 48.7 Å². The van der Waals surface area contributed by atoms with Gasteiger partial charge in [0.05, 0.1) is 18.1 Å². The van der Waals surface area contributed by atoms with Crippen molar-refractivity contribution in [2.45, 2.75) is 63.2 Å². The minimum atomic E-state index is -4.24. The zero-order valence-corrected chi connectivity index (χ0v) is 23.3. The predicted octanol–water partition coefficient (Wildman–Crippen LogP) is 3.54. The van der Waals surface area contributed by atoms with Crippen LogP contribution in [0.1, 0.15) is 33.9 Å². The number of nitrogen functional groups attached to an aromatic ring is 1. The number of aliphatic hydroxyl groups excluding tert-OH is 1. The van der Waals surface area contributed by atoms with Crippen molar-refractivity contribution in [2.24, 2.45) is 0 Å². The highest BCUT2D eigenvalue weighted by atomic mass is 35.5. The van der Waals surface area contributed by atoms with Crippen LogP contribution in [0.3, 0.4) is 0 Å². The largest absolute Gasteiger partial charge is 0.462 e. The molecule has 0 spiro atoms. The molecular weight excluding hydrogens is 556 g/mol. The van der Waals surface area contributed by atoms with E-state index < -0.39 is 61.6 Å². The maximum Gasteiger partial charge on any atom is 0.459 e. The van der Waals surface area contributed by atoms with E-state index in [9.17, 15) is 18.9 Å². The predicted molar refractivity (Wildman–Crippen MR) is 141 cm³/mol. The summed E-state index contributed by atoms with van der Waals surface area (Å²) in [6.07, 6.45) is -1.75. The summed E-state index contributed by atoms with van der Waals surface area (Å²) < 4.78 is 52.2. The number of nitrogens with one attached hydrogen (secondary N) is 1. The molecule has 6 atom stereocenters. The highest BCUT2D eigenvalue weighted by molar-refractivity contribution is 7.52. The third kappa shape index (κ3) is 6.19. The SMILES string of the molecule is CC(C)OC(=O)[C@@H](C)NP(=O)(OC[C@H]1O[C@@H](n2cc(F)c3c(N)ncnc32)[C@](C)(Cl)[C@@H]1O)Oc1ccccc1. The van der Waals surface area contributed by atoms with Gasteiger partial charge in [-0.1, -0.05) is 18.2 Å². The number of hydrogen-bond donors (Lipinski definition) is 3. The summed E-state index contributed by atoms with van der Waals surface area (Å²) in [5.41, 5.74) is 5.92. The Labute approximate surface area is 229 Å². The van der Waals surface area contributed by atoms with Crippen LogP contribution in [0.5, 0.6) is 5.75 Å². The van der Waals surface area contributed by atoms with Gasteiger partial charge in [-0.05, 0) is 39.8 Å². The van der Waals surface area contributed by atoms with Crippen LogP contribution in [-0.4, -0.2) is 61.4 Å². The number of esters is 1. The molecule has 0 radical (unpaired) electrons. The second-order valence-corrected chi connectivity index (χ2v) is 12.0. The van der Waals surface area contributed by atoms with Crippen LogP contribution in [-0.2, 0) is 23.4 Å². The lowest BCUT2D eigenvalue weighted by molar-refractivity contribution is -0.149. The third-order valence-corrected chi connectivity index (χ3v) is 8.05. The number of aromatic nitrogens is 3. The highest BCUT2D eigenvalue weighted by Gasteiger charge is 2.54. The number of nitrogens with zero attached hydrogens (tertiary/aromatic N) is 3. The van der Waals surface area contributed by atoms with Gasteiger partial charge in [-0.25, -0.2) is 18.9 Å². The first-order chi connectivity index (χ1) is 18.3. The Hall–Kier alpha value is -2.80. The Balaban J connectivity index is 1.56. The van der Waals surface area contributed by atoms with Crippen molar-refractivity contribution in [1.29, 1.82) is 0 Å². The maximum absolute atomic E-state index is 14.7. The monoisotopic (exact) mass is 585 g/mol. The fraction of sp³-hybridized carbons (Fsp3) is 0.458. The summed E-state index contributed by atoms with van der Waals surface area (Å²) in [4.78, 5) is 18.8. The second-order valence-electron chi connectivity index (χ2n) is 9.50. The number of benzene rings is 1.